The van der Waals surface area contributed by atoms with Crippen molar-refractivity contribution in [3.63, 3.8) is 0 Å². The predicted molar refractivity (Wildman–Crippen MR) is 101 cm³/mol. The number of carbonyl (C=O) groups excluding carboxylic acids is 3. The van der Waals surface area contributed by atoms with Crippen LogP contribution in [0.15, 0.2) is 59.5 Å². The van der Waals surface area contributed by atoms with Gasteiger partial charge < -0.3 is 14.2 Å². The molecule has 3 rings (SSSR count). The number of hydrogen-bond donors (Lipinski definition) is 2. The molecule has 2 amide bonds. The summed E-state index contributed by atoms with van der Waals surface area (Å²) in [6.45, 7) is -0.482. The summed E-state index contributed by atoms with van der Waals surface area (Å²) in [5.74, 6) is -0.690. The molecule has 0 aromatic heterocycles. The van der Waals surface area contributed by atoms with Gasteiger partial charge in [0, 0.05) is 4.90 Å². The Kier molecular flexibility index (Phi) is 6.74. The largest absolute Gasteiger partial charge is 0.485 e. The Morgan fingerprint density at radius 1 is 1.00 bits per heavy atom. The minimum atomic E-state index is -0.903. The van der Waals surface area contributed by atoms with E-state index in [0.29, 0.717) is 11.5 Å². The summed E-state index contributed by atoms with van der Waals surface area (Å²) in [6, 6.07) is 16.3. The number of fused-ring (bicyclic) bond motifs is 1. The fourth-order valence-corrected chi connectivity index (χ4v) is 2.96. The third-order valence-corrected chi connectivity index (χ3v) is 4.58. The lowest BCUT2D eigenvalue weighted by Gasteiger charge is -2.25. The van der Waals surface area contributed by atoms with Crippen molar-refractivity contribution < 1.29 is 28.6 Å². The molecule has 146 valence electrons. The number of hydrogen-bond acceptors (Lipinski definition) is 7. The Balaban J connectivity index is 1.34. The van der Waals surface area contributed by atoms with E-state index in [0.717, 1.165) is 4.90 Å². The van der Waals surface area contributed by atoms with Crippen molar-refractivity contribution in [2.24, 2.45) is 0 Å². The highest BCUT2D eigenvalue weighted by Crippen LogP contribution is 2.30. The third kappa shape index (κ3) is 5.65. The second kappa shape index (κ2) is 9.65. The molecule has 1 heterocycles. The number of esters is 1. The van der Waals surface area contributed by atoms with Crippen molar-refractivity contribution in [2.45, 2.75) is 11.0 Å². The highest BCUT2D eigenvalue weighted by molar-refractivity contribution is 8.00. The molecule has 1 atom stereocenters. The first kappa shape index (κ1) is 19.6. The average Bonchev–Trinajstić information content (AvgIpc) is 2.75. The maximum Gasteiger partial charge on any atom is 0.316 e. The number of ether oxygens (including phenoxy) is 3. The molecule has 1 aliphatic heterocycles. The summed E-state index contributed by atoms with van der Waals surface area (Å²) in [5, 5.41) is 0. The van der Waals surface area contributed by atoms with Crippen molar-refractivity contribution in [1.29, 1.82) is 0 Å². The minimum absolute atomic E-state index is 0.0183. The summed E-state index contributed by atoms with van der Waals surface area (Å²) in [7, 11) is 0. The highest BCUT2D eigenvalue weighted by atomic mass is 32.2. The zero-order valence-corrected chi connectivity index (χ0v) is 15.6. The molecule has 0 radical (unpaired) electrons. The lowest BCUT2D eigenvalue weighted by atomic mass is 10.2. The smallest absolute Gasteiger partial charge is 0.316 e. The Morgan fingerprint density at radius 3 is 2.50 bits per heavy atom. The van der Waals surface area contributed by atoms with Gasteiger partial charge in [-0.1, -0.05) is 30.3 Å². The van der Waals surface area contributed by atoms with E-state index in [1.54, 1.807) is 24.3 Å². The minimum Gasteiger partial charge on any atom is -0.485 e. The molecule has 0 unspecified atom stereocenters. The van der Waals surface area contributed by atoms with Crippen LogP contribution >= 0.6 is 11.8 Å². The summed E-state index contributed by atoms with van der Waals surface area (Å²) in [6.07, 6.45) is -0.903. The molecule has 2 aromatic carbocycles. The molecule has 0 fully saturated rings. The normalized spacial score (nSPS) is 14.6. The van der Waals surface area contributed by atoms with Crippen LogP contribution in [-0.4, -0.2) is 42.9 Å². The van der Waals surface area contributed by atoms with E-state index in [-0.39, 0.29) is 12.4 Å². The molecule has 0 spiro atoms. The Hall–Kier alpha value is -3.20. The standard InChI is InChI=1S/C19H18N2O6S/c22-17(11-26-18(23)12-28-13-6-2-1-3-7-13)20-21-19(24)16-10-25-14-8-4-5-9-15(14)27-16/h1-9,16H,10-12H2,(H,20,22)(H,21,24)/t16-/m1/s1. The molecule has 28 heavy (non-hydrogen) atoms. The Bertz CT molecular complexity index is 845. The van der Waals surface area contributed by atoms with Gasteiger partial charge in [0.2, 0.25) is 6.10 Å². The maximum atomic E-state index is 12.1. The summed E-state index contributed by atoms with van der Waals surface area (Å²) < 4.78 is 15.8. The van der Waals surface area contributed by atoms with Crippen LogP contribution in [0, 0.1) is 0 Å². The van der Waals surface area contributed by atoms with Crippen molar-refractivity contribution in [3.05, 3.63) is 54.6 Å². The van der Waals surface area contributed by atoms with Crippen LogP contribution in [0.2, 0.25) is 0 Å². The fraction of sp³-hybridized carbons (Fsp3) is 0.211. The van der Waals surface area contributed by atoms with Crippen LogP contribution in [0.25, 0.3) is 0 Å². The van der Waals surface area contributed by atoms with E-state index in [9.17, 15) is 14.4 Å². The molecule has 8 nitrogen and oxygen atoms in total. The SMILES string of the molecule is O=C(COC(=O)CSc1ccccc1)NNC(=O)[C@H]1COc2ccccc2O1. The Morgan fingerprint density at radius 2 is 1.71 bits per heavy atom. The van der Waals surface area contributed by atoms with Crippen molar-refractivity contribution in [2.75, 3.05) is 19.0 Å². The summed E-state index contributed by atoms with van der Waals surface area (Å²) >= 11 is 1.31. The molecule has 0 bridgehead atoms. The number of nitrogens with one attached hydrogen (secondary N) is 2. The zero-order valence-electron chi connectivity index (χ0n) is 14.8. The fourth-order valence-electron chi connectivity index (χ4n) is 2.24. The lowest BCUT2D eigenvalue weighted by Crippen LogP contribution is -2.51. The number of para-hydroxylation sites is 2. The Labute approximate surface area is 165 Å². The van der Waals surface area contributed by atoms with Crippen LogP contribution in [0.4, 0.5) is 0 Å². The second-order valence-electron chi connectivity index (χ2n) is 5.66. The molecule has 2 aromatic rings. The van der Waals surface area contributed by atoms with Gasteiger partial charge in [-0.15, -0.1) is 11.8 Å². The van der Waals surface area contributed by atoms with Crippen LogP contribution in [0.1, 0.15) is 0 Å². The first-order valence-corrected chi connectivity index (χ1v) is 9.41. The van der Waals surface area contributed by atoms with Crippen molar-refractivity contribution in [1.82, 2.24) is 10.9 Å². The number of amides is 2. The molecule has 0 aliphatic carbocycles. The van der Waals surface area contributed by atoms with E-state index in [1.807, 2.05) is 30.3 Å². The van der Waals surface area contributed by atoms with Crippen molar-refractivity contribution in [3.8, 4) is 11.5 Å². The highest BCUT2D eigenvalue weighted by Gasteiger charge is 2.27. The zero-order chi connectivity index (χ0) is 19.8. The molecular weight excluding hydrogens is 384 g/mol. The molecule has 9 heteroatoms. The number of rotatable bonds is 6. The third-order valence-electron chi connectivity index (χ3n) is 3.59. The van der Waals surface area contributed by atoms with Crippen LogP contribution in [0.5, 0.6) is 11.5 Å². The number of thioether (sulfide) groups is 1. The van der Waals surface area contributed by atoms with Gasteiger partial charge in [-0.3, -0.25) is 25.2 Å². The topological polar surface area (TPSA) is 103 Å². The monoisotopic (exact) mass is 402 g/mol. The summed E-state index contributed by atoms with van der Waals surface area (Å²) in [4.78, 5) is 36.4. The van der Waals surface area contributed by atoms with Gasteiger partial charge in [-0.25, -0.2) is 0 Å². The van der Waals surface area contributed by atoms with Gasteiger partial charge in [-0.05, 0) is 24.3 Å². The first-order chi connectivity index (χ1) is 13.6. The van der Waals surface area contributed by atoms with Gasteiger partial charge in [0.25, 0.3) is 11.8 Å². The number of carbonyl (C=O) groups is 3. The van der Waals surface area contributed by atoms with Crippen LogP contribution < -0.4 is 20.3 Å². The second-order valence-corrected chi connectivity index (χ2v) is 6.71. The lowest BCUT2D eigenvalue weighted by molar-refractivity contribution is -0.146. The van der Waals surface area contributed by atoms with Gasteiger partial charge >= 0.3 is 5.97 Å². The van der Waals surface area contributed by atoms with E-state index in [4.69, 9.17) is 14.2 Å². The molecule has 2 N–H and O–H groups in total. The number of benzene rings is 2. The van der Waals surface area contributed by atoms with Gasteiger partial charge in [-0.2, -0.15) is 0 Å². The van der Waals surface area contributed by atoms with Crippen molar-refractivity contribution >= 4 is 29.5 Å². The predicted octanol–water partition coefficient (Wildman–Crippen LogP) is 1.31. The van der Waals surface area contributed by atoms with E-state index in [2.05, 4.69) is 10.9 Å². The van der Waals surface area contributed by atoms with Gasteiger partial charge in [0.1, 0.15) is 6.61 Å². The van der Waals surface area contributed by atoms with Gasteiger partial charge in [0.15, 0.2) is 18.1 Å². The maximum absolute atomic E-state index is 12.1. The first-order valence-electron chi connectivity index (χ1n) is 8.42. The molecule has 1 aliphatic rings. The number of hydrazine groups is 1. The quantitative estimate of drug-likeness (QED) is 0.427. The van der Waals surface area contributed by atoms with E-state index in [1.165, 1.54) is 11.8 Å². The van der Waals surface area contributed by atoms with Gasteiger partial charge in [0.05, 0.1) is 5.75 Å². The van der Waals surface area contributed by atoms with Crippen LogP contribution in [-0.2, 0) is 19.1 Å². The molecular formula is C19H18N2O6S. The van der Waals surface area contributed by atoms with E-state index >= 15 is 0 Å². The molecule has 0 saturated carbocycles. The average molecular weight is 402 g/mol. The van der Waals surface area contributed by atoms with Crippen LogP contribution in [0.3, 0.4) is 0 Å². The van der Waals surface area contributed by atoms with E-state index < -0.39 is 30.5 Å². The summed E-state index contributed by atoms with van der Waals surface area (Å²) in [5.41, 5.74) is 4.40. The molecule has 0 saturated heterocycles.